The Hall–Kier alpha value is -2.58. The summed E-state index contributed by atoms with van der Waals surface area (Å²) in [4.78, 5) is 13.5. The maximum absolute atomic E-state index is 13.2. The Morgan fingerprint density at radius 1 is 1.09 bits per heavy atom. The fourth-order valence-electron chi connectivity index (χ4n) is 2.83. The Morgan fingerprint density at radius 3 is 2.43 bits per heavy atom. The van der Waals surface area contributed by atoms with Crippen molar-refractivity contribution >= 4 is 17.6 Å². The third kappa shape index (κ3) is 3.13. The van der Waals surface area contributed by atoms with Crippen molar-refractivity contribution in [2.75, 3.05) is 22.9 Å². The predicted octanol–water partition coefficient (Wildman–Crippen LogP) is 2.01. The lowest BCUT2D eigenvalue weighted by atomic mass is 9.96. The summed E-state index contributed by atoms with van der Waals surface area (Å²) in [5.41, 5.74) is 11.3. The third-order valence-corrected chi connectivity index (χ3v) is 3.70. The van der Waals surface area contributed by atoms with Gasteiger partial charge in [-0.2, -0.15) is 28.1 Å². The fraction of sp³-hybridized carbons (Fsp3) is 0.357. The number of nitrogens with zero attached hydrogens (tertiary/aromatic N) is 4. The van der Waals surface area contributed by atoms with Crippen LogP contribution in [0.15, 0.2) is 18.2 Å². The number of rotatable bonds is 2. The highest BCUT2D eigenvalue weighted by Crippen LogP contribution is 2.39. The van der Waals surface area contributed by atoms with E-state index < -0.39 is 11.7 Å². The average molecular weight is 324 g/mol. The van der Waals surface area contributed by atoms with E-state index in [0.29, 0.717) is 36.5 Å². The highest BCUT2D eigenvalue weighted by molar-refractivity contribution is 5.59. The van der Waals surface area contributed by atoms with Crippen LogP contribution >= 0.6 is 0 Å². The van der Waals surface area contributed by atoms with E-state index >= 15 is 0 Å². The van der Waals surface area contributed by atoms with Gasteiger partial charge >= 0.3 is 6.18 Å². The quantitative estimate of drug-likeness (QED) is 0.877. The van der Waals surface area contributed by atoms with Crippen molar-refractivity contribution in [2.45, 2.75) is 25.6 Å². The molecule has 0 saturated heterocycles. The molecular formula is C14H15F3N6. The first-order valence-corrected chi connectivity index (χ1v) is 7.04. The zero-order valence-electron chi connectivity index (χ0n) is 12.1. The largest absolute Gasteiger partial charge is 0.416 e. The second-order valence-corrected chi connectivity index (χ2v) is 5.29. The highest BCUT2D eigenvalue weighted by Gasteiger charge is 2.35. The van der Waals surface area contributed by atoms with Gasteiger partial charge in [-0.05, 0) is 30.5 Å². The molecule has 2 aromatic rings. The minimum absolute atomic E-state index is 0.00576. The molecule has 0 bridgehead atoms. The molecule has 0 aliphatic carbocycles. The normalized spacial score (nSPS) is 14.7. The first kappa shape index (κ1) is 15.3. The van der Waals surface area contributed by atoms with Crippen LogP contribution < -0.4 is 16.4 Å². The van der Waals surface area contributed by atoms with E-state index in [9.17, 15) is 13.2 Å². The van der Waals surface area contributed by atoms with Gasteiger partial charge in [0.2, 0.25) is 11.9 Å². The summed E-state index contributed by atoms with van der Waals surface area (Å²) in [7, 11) is 0. The number of hydrogen-bond acceptors (Lipinski definition) is 6. The lowest BCUT2D eigenvalue weighted by Gasteiger charge is -2.32. The van der Waals surface area contributed by atoms with Crippen LogP contribution in [0, 0.1) is 0 Å². The molecule has 2 heterocycles. The van der Waals surface area contributed by atoms with E-state index in [1.165, 1.54) is 6.07 Å². The lowest BCUT2D eigenvalue weighted by Crippen LogP contribution is -2.31. The molecule has 1 aliphatic heterocycles. The molecule has 0 saturated carbocycles. The van der Waals surface area contributed by atoms with Crippen LogP contribution in [0.4, 0.5) is 30.8 Å². The first-order chi connectivity index (χ1) is 10.8. The third-order valence-electron chi connectivity index (χ3n) is 3.70. The summed E-state index contributed by atoms with van der Waals surface area (Å²) in [6.45, 7) is 0.838. The summed E-state index contributed by atoms with van der Waals surface area (Å²) in [5.74, 6) is 0.322. The van der Waals surface area contributed by atoms with E-state index in [0.717, 1.165) is 6.07 Å². The van der Waals surface area contributed by atoms with Gasteiger partial charge in [-0.25, -0.2) is 0 Å². The SMILES string of the molecule is Nc1nc(N)nc(CN2CCCc3c2cccc3C(F)(F)F)n1. The van der Waals surface area contributed by atoms with E-state index in [-0.39, 0.29) is 18.4 Å². The maximum Gasteiger partial charge on any atom is 0.416 e. The summed E-state index contributed by atoms with van der Waals surface area (Å²) >= 11 is 0. The van der Waals surface area contributed by atoms with Gasteiger partial charge in [-0.3, -0.25) is 0 Å². The van der Waals surface area contributed by atoms with Crippen molar-refractivity contribution < 1.29 is 13.2 Å². The molecule has 0 spiro atoms. The van der Waals surface area contributed by atoms with Gasteiger partial charge in [0.25, 0.3) is 0 Å². The van der Waals surface area contributed by atoms with Crippen LogP contribution in [0.5, 0.6) is 0 Å². The molecule has 6 nitrogen and oxygen atoms in total. The van der Waals surface area contributed by atoms with Crippen LogP contribution in [-0.2, 0) is 19.1 Å². The number of nitrogen functional groups attached to an aromatic ring is 2. The van der Waals surface area contributed by atoms with Crippen LogP contribution in [0.25, 0.3) is 0 Å². The molecule has 3 rings (SSSR count). The van der Waals surface area contributed by atoms with Gasteiger partial charge in [0.1, 0.15) is 0 Å². The van der Waals surface area contributed by atoms with Crippen molar-refractivity contribution in [3.8, 4) is 0 Å². The smallest absolute Gasteiger partial charge is 0.368 e. The minimum atomic E-state index is -4.36. The number of nitrogens with two attached hydrogens (primary N) is 2. The number of benzene rings is 1. The van der Waals surface area contributed by atoms with Crippen molar-refractivity contribution in [1.29, 1.82) is 0 Å². The maximum atomic E-state index is 13.2. The molecule has 1 aromatic heterocycles. The van der Waals surface area contributed by atoms with Gasteiger partial charge in [0, 0.05) is 12.2 Å². The number of hydrogen-bond donors (Lipinski definition) is 2. The Morgan fingerprint density at radius 2 is 1.78 bits per heavy atom. The number of anilines is 3. The average Bonchev–Trinajstić information content (AvgIpc) is 2.45. The number of halogens is 3. The standard InChI is InChI=1S/C14H15F3N6/c15-14(16,17)9-4-1-5-10-8(9)3-2-6-23(10)7-11-20-12(18)22-13(19)21-11/h1,4-5H,2-3,6-7H2,(H4,18,19,20,21,22). The molecule has 23 heavy (non-hydrogen) atoms. The van der Waals surface area contributed by atoms with Crippen LogP contribution in [-0.4, -0.2) is 21.5 Å². The number of fused-ring (bicyclic) bond motifs is 1. The van der Waals surface area contributed by atoms with E-state index in [4.69, 9.17) is 11.5 Å². The zero-order valence-corrected chi connectivity index (χ0v) is 12.1. The van der Waals surface area contributed by atoms with Crippen molar-refractivity contribution in [3.63, 3.8) is 0 Å². The summed E-state index contributed by atoms with van der Waals surface area (Å²) < 4.78 is 39.5. The Labute approximate surface area is 130 Å². The van der Waals surface area contributed by atoms with Crippen molar-refractivity contribution in [1.82, 2.24) is 15.0 Å². The number of aromatic nitrogens is 3. The highest BCUT2D eigenvalue weighted by atomic mass is 19.4. The first-order valence-electron chi connectivity index (χ1n) is 7.04. The van der Waals surface area contributed by atoms with Crippen LogP contribution in [0.2, 0.25) is 0 Å². The molecule has 1 aromatic carbocycles. The second kappa shape index (κ2) is 5.56. The molecule has 1 aliphatic rings. The monoisotopic (exact) mass is 324 g/mol. The molecule has 0 unspecified atom stereocenters. The van der Waals surface area contributed by atoms with Gasteiger partial charge in [0.05, 0.1) is 12.1 Å². The fourth-order valence-corrected chi connectivity index (χ4v) is 2.83. The van der Waals surface area contributed by atoms with Gasteiger partial charge < -0.3 is 16.4 Å². The van der Waals surface area contributed by atoms with Gasteiger partial charge in [-0.1, -0.05) is 6.07 Å². The van der Waals surface area contributed by atoms with E-state index in [2.05, 4.69) is 15.0 Å². The zero-order chi connectivity index (χ0) is 16.6. The van der Waals surface area contributed by atoms with Gasteiger partial charge in [-0.15, -0.1) is 0 Å². The van der Waals surface area contributed by atoms with Crippen LogP contribution in [0.1, 0.15) is 23.4 Å². The Kier molecular flexibility index (Phi) is 3.70. The Bertz CT molecular complexity index is 711. The predicted molar refractivity (Wildman–Crippen MR) is 79.5 cm³/mol. The lowest BCUT2D eigenvalue weighted by molar-refractivity contribution is -0.138. The molecular weight excluding hydrogens is 309 g/mol. The minimum Gasteiger partial charge on any atom is -0.368 e. The number of alkyl halides is 3. The molecule has 122 valence electrons. The van der Waals surface area contributed by atoms with E-state index in [1.54, 1.807) is 6.07 Å². The molecule has 0 fully saturated rings. The summed E-state index contributed by atoms with van der Waals surface area (Å²) in [6.07, 6.45) is -3.35. The van der Waals surface area contributed by atoms with Crippen LogP contribution in [0.3, 0.4) is 0 Å². The summed E-state index contributed by atoms with van der Waals surface area (Å²) in [5, 5.41) is 0. The molecule has 0 amide bonds. The van der Waals surface area contributed by atoms with Crippen molar-refractivity contribution in [2.24, 2.45) is 0 Å². The molecule has 9 heteroatoms. The topological polar surface area (TPSA) is 93.9 Å². The summed E-state index contributed by atoms with van der Waals surface area (Å²) in [6, 6.07) is 4.20. The Balaban J connectivity index is 1.96. The molecule has 0 radical (unpaired) electrons. The molecule has 0 atom stereocenters. The van der Waals surface area contributed by atoms with Gasteiger partial charge in [0.15, 0.2) is 5.82 Å². The molecule has 4 N–H and O–H groups in total. The van der Waals surface area contributed by atoms with Crippen molar-refractivity contribution in [3.05, 3.63) is 35.2 Å². The van der Waals surface area contributed by atoms with E-state index in [1.807, 2.05) is 4.90 Å². The second-order valence-electron chi connectivity index (χ2n) is 5.29.